The minimum Gasteiger partial charge on any atom is -0.382 e. The van der Waals surface area contributed by atoms with Crippen molar-refractivity contribution in [2.45, 2.75) is 0 Å². The monoisotopic (exact) mass is 194 g/mol. The fraction of sp³-hybridized carbons (Fsp3) is 0. The highest BCUT2D eigenvalue weighted by molar-refractivity contribution is 6.29. The topological polar surface area (TPSA) is 56.7 Å². The average Bonchev–Trinajstić information content (AvgIpc) is 2.52. The number of nitrogen functional groups attached to an aromatic ring is 1. The van der Waals surface area contributed by atoms with E-state index in [0.29, 0.717) is 11.0 Å². The molecule has 2 N–H and O–H groups in total. The maximum atomic E-state index is 5.73. The lowest BCUT2D eigenvalue weighted by atomic mass is 10.4. The fourth-order valence-electron chi connectivity index (χ4n) is 1.03. The highest BCUT2D eigenvalue weighted by Gasteiger charge is 1.98. The fourth-order valence-corrected chi connectivity index (χ4v) is 1.20. The highest BCUT2D eigenvalue weighted by Crippen LogP contribution is 2.12. The zero-order valence-corrected chi connectivity index (χ0v) is 7.44. The molecule has 0 saturated carbocycles. The van der Waals surface area contributed by atoms with Gasteiger partial charge in [0.2, 0.25) is 0 Å². The van der Waals surface area contributed by atoms with Crippen LogP contribution in [0.1, 0.15) is 0 Å². The van der Waals surface area contributed by atoms with Gasteiger partial charge in [0.05, 0.1) is 11.9 Å². The van der Waals surface area contributed by atoms with Gasteiger partial charge in [-0.15, -0.1) is 0 Å². The van der Waals surface area contributed by atoms with Gasteiger partial charge in [0.25, 0.3) is 0 Å². The zero-order chi connectivity index (χ0) is 9.26. The summed E-state index contributed by atoms with van der Waals surface area (Å²) in [5.41, 5.74) is 6.37. The summed E-state index contributed by atoms with van der Waals surface area (Å²) in [6, 6.07) is 3.57. The molecule has 0 aliphatic heterocycles. The molecule has 13 heavy (non-hydrogen) atoms. The Morgan fingerprint density at radius 1 is 1.38 bits per heavy atom. The number of rotatable bonds is 1. The van der Waals surface area contributed by atoms with Crippen LogP contribution in [0, 0.1) is 0 Å². The Kier molecular flexibility index (Phi) is 1.90. The second-order valence-corrected chi connectivity index (χ2v) is 2.93. The van der Waals surface area contributed by atoms with E-state index in [1.54, 1.807) is 29.4 Å². The van der Waals surface area contributed by atoms with E-state index in [1.165, 1.54) is 0 Å². The molecular weight excluding hydrogens is 188 g/mol. The Morgan fingerprint density at radius 2 is 2.23 bits per heavy atom. The van der Waals surface area contributed by atoms with Crippen LogP contribution in [0.3, 0.4) is 0 Å². The summed E-state index contributed by atoms with van der Waals surface area (Å²) in [4.78, 5) is 7.77. The molecule has 4 nitrogen and oxygen atoms in total. The van der Waals surface area contributed by atoms with Crippen molar-refractivity contribution >= 4 is 17.4 Å². The molecule has 0 aliphatic rings. The predicted molar refractivity (Wildman–Crippen MR) is 50.8 cm³/mol. The van der Waals surface area contributed by atoms with E-state index < -0.39 is 0 Å². The molecule has 2 aromatic rings. The zero-order valence-electron chi connectivity index (χ0n) is 6.68. The van der Waals surface area contributed by atoms with Gasteiger partial charge in [0.1, 0.15) is 17.3 Å². The lowest BCUT2D eigenvalue weighted by Crippen LogP contribution is -1.90. The van der Waals surface area contributed by atoms with Gasteiger partial charge in [-0.1, -0.05) is 11.6 Å². The molecule has 0 atom stereocenters. The largest absolute Gasteiger partial charge is 0.382 e. The van der Waals surface area contributed by atoms with Gasteiger partial charge in [0, 0.05) is 6.20 Å². The standard InChI is InChI=1S/C8H7ClN4/c9-7-3-6(1-2-11-7)13-4-8(10)12-5-13/h1-5H,10H2. The van der Waals surface area contributed by atoms with Gasteiger partial charge in [-0.2, -0.15) is 0 Å². The SMILES string of the molecule is Nc1cn(-c2ccnc(Cl)c2)cn1. The van der Waals surface area contributed by atoms with Crippen molar-refractivity contribution < 1.29 is 0 Å². The van der Waals surface area contributed by atoms with Crippen molar-refractivity contribution in [3.8, 4) is 5.69 Å². The number of hydrogen-bond acceptors (Lipinski definition) is 3. The first-order valence-corrected chi connectivity index (χ1v) is 4.05. The highest BCUT2D eigenvalue weighted by atomic mass is 35.5. The van der Waals surface area contributed by atoms with Crippen LogP contribution < -0.4 is 5.73 Å². The Balaban J connectivity index is 2.46. The minimum absolute atomic E-state index is 0.449. The van der Waals surface area contributed by atoms with Crippen molar-refractivity contribution in [1.82, 2.24) is 14.5 Å². The van der Waals surface area contributed by atoms with Gasteiger partial charge in [-0.25, -0.2) is 9.97 Å². The predicted octanol–water partition coefficient (Wildman–Crippen LogP) is 1.50. The molecule has 0 bridgehead atoms. The normalized spacial score (nSPS) is 10.2. The van der Waals surface area contributed by atoms with Crippen LogP contribution in [0.4, 0.5) is 5.82 Å². The smallest absolute Gasteiger partial charge is 0.141 e. The number of pyridine rings is 1. The van der Waals surface area contributed by atoms with Crippen LogP contribution in [0.2, 0.25) is 5.15 Å². The first kappa shape index (κ1) is 8.07. The molecule has 0 saturated heterocycles. The van der Waals surface area contributed by atoms with Gasteiger partial charge in [-0.3, -0.25) is 0 Å². The molecule has 0 unspecified atom stereocenters. The quantitative estimate of drug-likeness (QED) is 0.700. The van der Waals surface area contributed by atoms with Crippen molar-refractivity contribution in [3.63, 3.8) is 0 Å². The van der Waals surface area contributed by atoms with Crippen LogP contribution in [0.25, 0.3) is 5.69 Å². The van der Waals surface area contributed by atoms with E-state index in [9.17, 15) is 0 Å². The lowest BCUT2D eigenvalue weighted by Gasteiger charge is -2.00. The van der Waals surface area contributed by atoms with E-state index in [-0.39, 0.29) is 0 Å². The number of nitrogens with zero attached hydrogens (tertiary/aromatic N) is 3. The molecule has 0 aromatic carbocycles. The second kappa shape index (κ2) is 3.06. The van der Waals surface area contributed by atoms with Gasteiger partial charge < -0.3 is 10.3 Å². The first-order valence-electron chi connectivity index (χ1n) is 3.67. The van der Waals surface area contributed by atoms with Crippen molar-refractivity contribution in [3.05, 3.63) is 36.0 Å². The number of anilines is 1. The third kappa shape index (κ3) is 1.62. The Hall–Kier alpha value is -1.55. The Morgan fingerprint density at radius 3 is 2.85 bits per heavy atom. The van der Waals surface area contributed by atoms with Crippen molar-refractivity contribution in [1.29, 1.82) is 0 Å². The molecule has 0 radical (unpaired) electrons. The van der Waals surface area contributed by atoms with Crippen molar-refractivity contribution in [2.75, 3.05) is 5.73 Å². The molecule has 0 amide bonds. The number of imidazole rings is 1. The maximum absolute atomic E-state index is 5.73. The summed E-state index contributed by atoms with van der Waals surface area (Å²) in [5, 5.41) is 0.449. The third-order valence-corrected chi connectivity index (χ3v) is 1.82. The summed E-state index contributed by atoms with van der Waals surface area (Å²) in [5.74, 6) is 0.480. The van der Waals surface area contributed by atoms with Crippen LogP contribution in [0.15, 0.2) is 30.9 Å². The summed E-state index contributed by atoms with van der Waals surface area (Å²) in [6.07, 6.45) is 4.97. The maximum Gasteiger partial charge on any atom is 0.141 e. The molecule has 5 heteroatoms. The van der Waals surface area contributed by atoms with Gasteiger partial charge in [-0.05, 0) is 12.1 Å². The summed E-state index contributed by atoms with van der Waals surface area (Å²) in [6.45, 7) is 0. The number of hydrogen-bond donors (Lipinski definition) is 1. The summed E-state index contributed by atoms with van der Waals surface area (Å²) >= 11 is 5.73. The molecule has 0 fully saturated rings. The van der Waals surface area contributed by atoms with Gasteiger partial charge >= 0.3 is 0 Å². The van der Waals surface area contributed by atoms with Gasteiger partial charge in [0.15, 0.2) is 0 Å². The van der Waals surface area contributed by atoms with E-state index in [4.69, 9.17) is 17.3 Å². The molecule has 2 heterocycles. The number of halogens is 1. The summed E-state index contributed by atoms with van der Waals surface area (Å²) < 4.78 is 1.78. The average molecular weight is 195 g/mol. The lowest BCUT2D eigenvalue weighted by molar-refractivity contribution is 1.05. The Labute approximate surface area is 80.0 Å². The van der Waals surface area contributed by atoms with Crippen LogP contribution in [-0.4, -0.2) is 14.5 Å². The second-order valence-electron chi connectivity index (χ2n) is 2.54. The minimum atomic E-state index is 0.449. The molecule has 0 spiro atoms. The molecule has 2 rings (SSSR count). The van der Waals surface area contributed by atoms with Crippen molar-refractivity contribution in [2.24, 2.45) is 0 Å². The van der Waals surface area contributed by atoms with E-state index in [0.717, 1.165) is 5.69 Å². The first-order chi connectivity index (χ1) is 6.25. The number of aromatic nitrogens is 3. The molecular formula is C8H7ClN4. The van der Waals surface area contributed by atoms with Crippen LogP contribution in [-0.2, 0) is 0 Å². The molecule has 0 aliphatic carbocycles. The Bertz CT molecular complexity index is 424. The van der Waals surface area contributed by atoms with E-state index in [2.05, 4.69) is 9.97 Å². The van der Waals surface area contributed by atoms with Crippen LogP contribution in [0.5, 0.6) is 0 Å². The van der Waals surface area contributed by atoms with Crippen LogP contribution >= 0.6 is 11.6 Å². The third-order valence-electron chi connectivity index (χ3n) is 1.61. The summed E-state index contributed by atoms with van der Waals surface area (Å²) in [7, 11) is 0. The number of nitrogens with two attached hydrogens (primary N) is 1. The van der Waals surface area contributed by atoms with E-state index >= 15 is 0 Å². The molecule has 2 aromatic heterocycles. The van der Waals surface area contributed by atoms with E-state index in [1.807, 2.05) is 6.07 Å². The molecule has 66 valence electrons.